The van der Waals surface area contributed by atoms with Crippen LogP contribution < -0.4 is 4.74 Å². The van der Waals surface area contributed by atoms with Crippen LogP contribution in [-0.2, 0) is 11.2 Å². The first-order chi connectivity index (χ1) is 9.24. The molecule has 1 amide bonds. The molecule has 0 radical (unpaired) electrons. The van der Waals surface area contributed by atoms with Gasteiger partial charge in [0.05, 0.1) is 13.5 Å². The van der Waals surface area contributed by atoms with Gasteiger partial charge in [-0.05, 0) is 37.0 Å². The van der Waals surface area contributed by atoms with Crippen molar-refractivity contribution in [3.63, 3.8) is 0 Å². The normalized spacial score (nSPS) is 19.3. The summed E-state index contributed by atoms with van der Waals surface area (Å²) in [6.07, 6.45) is 3.72. The number of ether oxygens (including phenoxy) is 1. The fraction of sp³-hybridized carbons (Fsp3) is 0.533. The molecule has 1 aromatic carbocycles. The Morgan fingerprint density at radius 1 is 1.37 bits per heavy atom. The second-order valence-corrected chi connectivity index (χ2v) is 5.22. The van der Waals surface area contributed by atoms with E-state index in [1.165, 1.54) is 6.42 Å². The molecule has 0 N–H and O–H groups in total. The summed E-state index contributed by atoms with van der Waals surface area (Å²) in [6, 6.07) is 7.86. The van der Waals surface area contributed by atoms with Crippen LogP contribution in [0.15, 0.2) is 24.3 Å². The number of hydrogen-bond donors (Lipinski definition) is 0. The molecule has 19 heavy (non-hydrogen) atoms. The van der Waals surface area contributed by atoms with Crippen molar-refractivity contribution in [1.82, 2.24) is 4.90 Å². The lowest BCUT2D eigenvalue weighted by atomic mass is 10.0. The van der Waals surface area contributed by atoms with Crippen LogP contribution in [0.3, 0.4) is 0 Å². The van der Waals surface area contributed by atoms with Crippen LogP contribution in [0.25, 0.3) is 0 Å². The number of methoxy groups -OCH3 is 1. The highest BCUT2D eigenvalue weighted by atomic mass is 35.5. The molecule has 1 atom stereocenters. The SMILES string of the molecule is COc1ccc(CC(=O)N2CCCCC2CCl)cc1. The molecule has 1 saturated heterocycles. The summed E-state index contributed by atoms with van der Waals surface area (Å²) in [6.45, 7) is 0.840. The van der Waals surface area contributed by atoms with E-state index in [4.69, 9.17) is 16.3 Å². The molecule has 1 heterocycles. The number of hydrogen-bond acceptors (Lipinski definition) is 2. The van der Waals surface area contributed by atoms with Gasteiger partial charge in [-0.1, -0.05) is 12.1 Å². The van der Waals surface area contributed by atoms with E-state index in [0.29, 0.717) is 12.3 Å². The van der Waals surface area contributed by atoms with Crippen LogP contribution in [0.1, 0.15) is 24.8 Å². The number of rotatable bonds is 4. The minimum atomic E-state index is 0.176. The molecule has 4 heteroatoms. The monoisotopic (exact) mass is 281 g/mol. The molecule has 0 bridgehead atoms. The Hall–Kier alpha value is -1.22. The smallest absolute Gasteiger partial charge is 0.227 e. The summed E-state index contributed by atoms with van der Waals surface area (Å²) < 4.78 is 5.11. The van der Waals surface area contributed by atoms with Gasteiger partial charge in [-0.3, -0.25) is 4.79 Å². The molecular formula is C15H20ClNO2. The van der Waals surface area contributed by atoms with Crippen molar-refractivity contribution in [2.75, 3.05) is 19.5 Å². The van der Waals surface area contributed by atoms with E-state index in [-0.39, 0.29) is 11.9 Å². The van der Waals surface area contributed by atoms with Crippen LogP contribution >= 0.6 is 11.6 Å². The molecule has 1 unspecified atom stereocenters. The summed E-state index contributed by atoms with van der Waals surface area (Å²) in [7, 11) is 1.64. The highest BCUT2D eigenvalue weighted by molar-refractivity contribution is 6.18. The Bertz CT molecular complexity index is 419. The predicted octanol–water partition coefficient (Wildman–Crippen LogP) is 2.86. The first-order valence-electron chi connectivity index (χ1n) is 6.73. The Morgan fingerprint density at radius 3 is 2.74 bits per heavy atom. The first kappa shape index (κ1) is 14.2. The third-order valence-electron chi connectivity index (χ3n) is 3.64. The van der Waals surface area contributed by atoms with E-state index in [0.717, 1.165) is 30.7 Å². The van der Waals surface area contributed by atoms with Gasteiger partial charge in [-0.25, -0.2) is 0 Å². The number of nitrogens with zero attached hydrogens (tertiary/aromatic N) is 1. The standard InChI is InChI=1S/C15H20ClNO2/c1-19-14-7-5-12(6-8-14)10-15(18)17-9-3-2-4-13(17)11-16/h5-8,13H,2-4,9-11H2,1H3. The Kier molecular flexibility index (Phi) is 5.08. The average molecular weight is 282 g/mol. The van der Waals surface area contributed by atoms with Crippen molar-refractivity contribution in [3.05, 3.63) is 29.8 Å². The van der Waals surface area contributed by atoms with Gasteiger partial charge in [0.25, 0.3) is 0 Å². The lowest BCUT2D eigenvalue weighted by molar-refractivity contribution is -0.133. The summed E-state index contributed by atoms with van der Waals surface area (Å²) in [5.74, 6) is 1.53. The quantitative estimate of drug-likeness (QED) is 0.794. The minimum absolute atomic E-state index is 0.176. The molecule has 0 aromatic heterocycles. The zero-order valence-corrected chi connectivity index (χ0v) is 12.0. The Balaban J connectivity index is 1.98. The van der Waals surface area contributed by atoms with Gasteiger partial charge in [0.1, 0.15) is 5.75 Å². The highest BCUT2D eigenvalue weighted by Gasteiger charge is 2.25. The van der Waals surface area contributed by atoms with Crippen molar-refractivity contribution in [2.45, 2.75) is 31.7 Å². The molecule has 3 nitrogen and oxygen atoms in total. The van der Waals surface area contributed by atoms with Crippen LogP contribution in [0.5, 0.6) is 5.75 Å². The zero-order chi connectivity index (χ0) is 13.7. The fourth-order valence-corrected chi connectivity index (χ4v) is 2.83. The number of benzene rings is 1. The van der Waals surface area contributed by atoms with E-state index in [9.17, 15) is 4.79 Å². The van der Waals surface area contributed by atoms with Gasteiger partial charge >= 0.3 is 0 Å². The number of carbonyl (C=O) groups excluding carboxylic acids is 1. The fourth-order valence-electron chi connectivity index (χ4n) is 2.51. The molecule has 2 rings (SSSR count). The molecular weight excluding hydrogens is 262 g/mol. The molecule has 0 spiro atoms. The summed E-state index contributed by atoms with van der Waals surface area (Å²) in [4.78, 5) is 14.3. The highest BCUT2D eigenvalue weighted by Crippen LogP contribution is 2.20. The van der Waals surface area contributed by atoms with E-state index in [1.807, 2.05) is 29.2 Å². The average Bonchev–Trinajstić information content (AvgIpc) is 2.48. The summed E-state index contributed by atoms with van der Waals surface area (Å²) >= 11 is 5.95. The summed E-state index contributed by atoms with van der Waals surface area (Å²) in [5.41, 5.74) is 1.02. The molecule has 0 saturated carbocycles. The maximum atomic E-state index is 12.3. The molecule has 1 fully saturated rings. The Morgan fingerprint density at radius 2 is 2.11 bits per heavy atom. The number of alkyl halides is 1. The lowest BCUT2D eigenvalue weighted by Gasteiger charge is -2.34. The van der Waals surface area contributed by atoms with Crippen molar-refractivity contribution < 1.29 is 9.53 Å². The second-order valence-electron chi connectivity index (χ2n) is 4.92. The molecule has 1 aliphatic rings. The number of halogens is 1. The third kappa shape index (κ3) is 3.63. The van der Waals surface area contributed by atoms with Gasteiger partial charge in [0, 0.05) is 18.5 Å². The van der Waals surface area contributed by atoms with Gasteiger partial charge in [-0.15, -0.1) is 11.6 Å². The number of amides is 1. The zero-order valence-electron chi connectivity index (χ0n) is 11.3. The maximum absolute atomic E-state index is 12.3. The maximum Gasteiger partial charge on any atom is 0.227 e. The van der Waals surface area contributed by atoms with Crippen molar-refractivity contribution in [2.24, 2.45) is 0 Å². The van der Waals surface area contributed by atoms with Crippen LogP contribution in [0, 0.1) is 0 Å². The van der Waals surface area contributed by atoms with Gasteiger partial charge in [0.15, 0.2) is 0 Å². The van der Waals surface area contributed by atoms with Crippen LogP contribution in [0.4, 0.5) is 0 Å². The van der Waals surface area contributed by atoms with E-state index in [2.05, 4.69) is 0 Å². The second kappa shape index (κ2) is 6.80. The number of likely N-dealkylation sites (tertiary alicyclic amines) is 1. The van der Waals surface area contributed by atoms with E-state index < -0.39 is 0 Å². The summed E-state index contributed by atoms with van der Waals surface area (Å²) in [5, 5.41) is 0. The third-order valence-corrected chi connectivity index (χ3v) is 4.00. The number of piperidine rings is 1. The first-order valence-corrected chi connectivity index (χ1v) is 7.26. The van der Waals surface area contributed by atoms with Crippen molar-refractivity contribution in [3.8, 4) is 5.75 Å². The molecule has 1 aliphatic heterocycles. The van der Waals surface area contributed by atoms with Crippen molar-refractivity contribution in [1.29, 1.82) is 0 Å². The van der Waals surface area contributed by atoms with Crippen LogP contribution in [-0.4, -0.2) is 36.4 Å². The van der Waals surface area contributed by atoms with Gasteiger partial charge in [-0.2, -0.15) is 0 Å². The van der Waals surface area contributed by atoms with Gasteiger partial charge in [0.2, 0.25) is 5.91 Å². The number of carbonyl (C=O) groups is 1. The molecule has 1 aromatic rings. The van der Waals surface area contributed by atoms with Crippen molar-refractivity contribution >= 4 is 17.5 Å². The topological polar surface area (TPSA) is 29.5 Å². The largest absolute Gasteiger partial charge is 0.497 e. The molecule has 0 aliphatic carbocycles. The van der Waals surface area contributed by atoms with E-state index >= 15 is 0 Å². The van der Waals surface area contributed by atoms with Crippen LogP contribution in [0.2, 0.25) is 0 Å². The van der Waals surface area contributed by atoms with E-state index in [1.54, 1.807) is 7.11 Å². The predicted molar refractivity (Wildman–Crippen MR) is 76.8 cm³/mol. The van der Waals surface area contributed by atoms with Gasteiger partial charge < -0.3 is 9.64 Å². The Labute approximate surface area is 119 Å². The minimum Gasteiger partial charge on any atom is -0.497 e. The lowest BCUT2D eigenvalue weighted by Crippen LogP contribution is -2.45. The molecule has 104 valence electrons.